The largest absolute Gasteiger partial charge is 0.416 e. The number of nitrogens with one attached hydrogen (secondary N) is 1. The Morgan fingerprint density at radius 2 is 2.15 bits per heavy atom. The Morgan fingerprint density at radius 1 is 1.50 bits per heavy atom. The van der Waals surface area contributed by atoms with E-state index in [0.717, 1.165) is 12.3 Å². The zero-order chi connectivity index (χ0) is 15.4. The summed E-state index contributed by atoms with van der Waals surface area (Å²) >= 11 is 1.83. The smallest absolute Gasteiger partial charge is 0.382 e. The molecule has 0 saturated carbocycles. The van der Waals surface area contributed by atoms with E-state index >= 15 is 0 Å². The first kappa shape index (κ1) is 17.4. The molecule has 2 N–H and O–H groups in total. The van der Waals surface area contributed by atoms with E-state index in [4.69, 9.17) is 5.11 Å². The molecule has 0 spiro atoms. The maximum Gasteiger partial charge on any atom is 0.416 e. The molecule has 20 heavy (non-hydrogen) atoms. The topological polar surface area (TPSA) is 47.9 Å². The number of nitrogens with zero attached hydrogens (tertiary/aromatic N) is 2. The summed E-state index contributed by atoms with van der Waals surface area (Å²) in [6.07, 6.45) is -7.04. The van der Waals surface area contributed by atoms with Gasteiger partial charge in [-0.15, -0.1) is 0 Å². The minimum Gasteiger partial charge on any atom is -0.382 e. The van der Waals surface area contributed by atoms with Gasteiger partial charge in [-0.05, 0) is 20.8 Å². The lowest BCUT2D eigenvalue weighted by atomic mass is 10.2. The average molecular weight is 313 g/mol. The van der Waals surface area contributed by atoms with E-state index in [1.165, 1.54) is 0 Å². The molecule has 0 aliphatic carbocycles. The lowest BCUT2D eigenvalue weighted by Crippen LogP contribution is -2.51. The van der Waals surface area contributed by atoms with Gasteiger partial charge in [-0.2, -0.15) is 24.9 Å². The lowest BCUT2D eigenvalue weighted by Gasteiger charge is -2.39. The summed E-state index contributed by atoms with van der Waals surface area (Å²) in [7, 11) is 0. The lowest BCUT2D eigenvalue weighted by molar-refractivity contribution is -0.199. The van der Waals surface area contributed by atoms with Crippen molar-refractivity contribution in [1.29, 1.82) is 0 Å². The summed E-state index contributed by atoms with van der Waals surface area (Å²) < 4.78 is 36.9. The number of hydrogen-bond donors (Lipinski definition) is 2. The zero-order valence-electron chi connectivity index (χ0n) is 12.0. The normalized spacial score (nSPS) is 21.8. The van der Waals surface area contributed by atoms with Crippen molar-refractivity contribution in [3.63, 3.8) is 0 Å². The van der Waals surface area contributed by atoms with Gasteiger partial charge in [0.05, 0.1) is 6.54 Å². The Bertz CT molecular complexity index is 347. The summed E-state index contributed by atoms with van der Waals surface area (Å²) in [4.78, 5) is 5.87. The van der Waals surface area contributed by atoms with Crippen molar-refractivity contribution in [2.75, 3.05) is 31.9 Å². The van der Waals surface area contributed by atoms with Gasteiger partial charge in [0.25, 0.3) is 0 Å². The number of aliphatic hydroxyl groups excluding tert-OH is 1. The van der Waals surface area contributed by atoms with Crippen molar-refractivity contribution in [3.05, 3.63) is 0 Å². The van der Waals surface area contributed by atoms with Gasteiger partial charge < -0.3 is 15.3 Å². The van der Waals surface area contributed by atoms with Crippen LogP contribution in [0.2, 0.25) is 0 Å². The van der Waals surface area contributed by atoms with Crippen LogP contribution in [-0.4, -0.2) is 64.9 Å². The molecule has 0 bridgehead atoms. The number of hydrogen-bond acceptors (Lipinski definition) is 3. The van der Waals surface area contributed by atoms with Crippen molar-refractivity contribution in [2.24, 2.45) is 4.99 Å². The molecule has 0 radical (unpaired) electrons. The second kappa shape index (κ2) is 6.89. The number of guanidine groups is 1. The first-order valence-electron chi connectivity index (χ1n) is 6.57. The molecule has 1 aliphatic rings. The molecular formula is C12H22F3N3OS. The number of aliphatic hydroxyl groups is 1. The molecule has 118 valence electrons. The summed E-state index contributed by atoms with van der Waals surface area (Å²) in [6.45, 7) is 7.41. The van der Waals surface area contributed by atoms with Crippen LogP contribution in [0.4, 0.5) is 13.2 Å². The molecule has 1 fully saturated rings. The van der Waals surface area contributed by atoms with Crippen LogP contribution >= 0.6 is 11.8 Å². The molecule has 1 atom stereocenters. The van der Waals surface area contributed by atoms with Crippen LogP contribution in [-0.2, 0) is 0 Å². The monoisotopic (exact) mass is 313 g/mol. The fraction of sp³-hybridized carbons (Fsp3) is 0.917. The fourth-order valence-corrected chi connectivity index (χ4v) is 3.01. The standard InChI is InChI=1S/C12H22F3N3OS/c1-4-16-10(17-7-9(19)12(13,14)15)18-5-6-20-11(2,3)8-18/h9,19H,4-8H2,1-3H3,(H,16,17). The maximum atomic E-state index is 12.3. The summed E-state index contributed by atoms with van der Waals surface area (Å²) in [5, 5.41) is 12.0. The van der Waals surface area contributed by atoms with Crippen molar-refractivity contribution >= 4 is 17.7 Å². The Kier molecular flexibility index (Phi) is 6.00. The molecule has 0 amide bonds. The molecule has 4 nitrogen and oxygen atoms in total. The zero-order valence-corrected chi connectivity index (χ0v) is 12.8. The van der Waals surface area contributed by atoms with Gasteiger partial charge in [-0.25, -0.2) is 0 Å². The maximum absolute atomic E-state index is 12.3. The average Bonchev–Trinajstić information content (AvgIpc) is 2.31. The fourth-order valence-electron chi connectivity index (χ4n) is 1.90. The Hall–Kier alpha value is -0.630. The van der Waals surface area contributed by atoms with Gasteiger partial charge in [-0.3, -0.25) is 4.99 Å². The van der Waals surface area contributed by atoms with Crippen LogP contribution in [0, 0.1) is 0 Å². The third kappa shape index (κ3) is 5.40. The van der Waals surface area contributed by atoms with Crippen molar-refractivity contribution in [1.82, 2.24) is 10.2 Å². The van der Waals surface area contributed by atoms with Gasteiger partial charge in [-0.1, -0.05) is 0 Å². The Balaban J connectivity index is 2.72. The van der Waals surface area contributed by atoms with Crippen LogP contribution in [0.25, 0.3) is 0 Å². The molecule has 1 rings (SSSR count). The van der Waals surface area contributed by atoms with Crippen molar-refractivity contribution in [2.45, 2.75) is 37.8 Å². The third-order valence-corrected chi connectivity index (χ3v) is 4.15. The van der Waals surface area contributed by atoms with Gasteiger partial charge in [0.2, 0.25) is 0 Å². The highest BCUT2D eigenvalue weighted by atomic mass is 32.2. The number of thioether (sulfide) groups is 1. The van der Waals surface area contributed by atoms with Crippen LogP contribution in [0.1, 0.15) is 20.8 Å². The SMILES string of the molecule is CCNC(=NCC(O)C(F)(F)F)N1CCSC(C)(C)C1. The van der Waals surface area contributed by atoms with E-state index in [1.807, 2.05) is 23.6 Å². The number of rotatable bonds is 3. The number of alkyl halides is 3. The number of aliphatic imine (C=N–C) groups is 1. The second-order valence-corrected chi connectivity index (χ2v) is 7.08. The predicted octanol–water partition coefficient (Wildman–Crippen LogP) is 1.70. The minimum atomic E-state index is -4.63. The van der Waals surface area contributed by atoms with Crippen molar-refractivity contribution in [3.8, 4) is 0 Å². The summed E-state index contributed by atoms with van der Waals surface area (Å²) in [5.74, 6) is 1.34. The highest BCUT2D eigenvalue weighted by Crippen LogP contribution is 2.29. The quantitative estimate of drug-likeness (QED) is 0.615. The molecule has 0 aromatic heterocycles. The molecular weight excluding hydrogens is 291 g/mol. The molecule has 8 heteroatoms. The van der Waals surface area contributed by atoms with E-state index in [1.54, 1.807) is 0 Å². The predicted molar refractivity (Wildman–Crippen MR) is 76.2 cm³/mol. The third-order valence-electron chi connectivity index (χ3n) is 2.85. The van der Waals surface area contributed by atoms with Gasteiger partial charge >= 0.3 is 6.18 Å². The molecule has 1 heterocycles. The molecule has 1 saturated heterocycles. The van der Waals surface area contributed by atoms with E-state index in [-0.39, 0.29) is 4.75 Å². The first-order valence-corrected chi connectivity index (χ1v) is 7.56. The molecule has 0 aromatic rings. The highest BCUT2D eigenvalue weighted by Gasteiger charge is 2.38. The summed E-state index contributed by atoms with van der Waals surface area (Å²) in [5.41, 5.74) is 0. The minimum absolute atomic E-state index is 0.0388. The summed E-state index contributed by atoms with van der Waals surface area (Å²) in [6, 6.07) is 0. The first-order chi connectivity index (χ1) is 9.15. The van der Waals surface area contributed by atoms with Crippen LogP contribution in [0.5, 0.6) is 0 Å². The van der Waals surface area contributed by atoms with Gasteiger partial charge in [0, 0.05) is 30.1 Å². The van der Waals surface area contributed by atoms with Crippen LogP contribution in [0.3, 0.4) is 0 Å². The Morgan fingerprint density at radius 3 is 2.65 bits per heavy atom. The highest BCUT2D eigenvalue weighted by molar-refractivity contribution is 8.00. The van der Waals surface area contributed by atoms with Crippen molar-refractivity contribution < 1.29 is 18.3 Å². The molecule has 1 unspecified atom stereocenters. The second-order valence-electron chi connectivity index (χ2n) is 5.28. The van der Waals surface area contributed by atoms with Gasteiger partial charge in [0.15, 0.2) is 12.1 Å². The van der Waals surface area contributed by atoms with E-state index in [0.29, 0.717) is 19.0 Å². The molecule has 0 aromatic carbocycles. The van der Waals surface area contributed by atoms with Gasteiger partial charge in [0.1, 0.15) is 0 Å². The van der Waals surface area contributed by atoms with Crippen LogP contribution in [0.15, 0.2) is 4.99 Å². The molecule has 1 aliphatic heterocycles. The van der Waals surface area contributed by atoms with E-state index < -0.39 is 18.8 Å². The number of halogens is 3. The van der Waals surface area contributed by atoms with E-state index in [2.05, 4.69) is 24.2 Å². The Labute approximate surface area is 121 Å². The van der Waals surface area contributed by atoms with Crippen LogP contribution < -0.4 is 5.32 Å². The van der Waals surface area contributed by atoms with E-state index in [9.17, 15) is 13.2 Å².